The zero-order chi connectivity index (χ0) is 17.2. The molecular weight excluding hydrogens is 338 g/mol. The number of hydrogen-bond acceptors (Lipinski definition) is 5. The van der Waals surface area contributed by atoms with E-state index in [1.54, 1.807) is 28.8 Å². The number of rotatable bonds is 3. The summed E-state index contributed by atoms with van der Waals surface area (Å²) < 4.78 is 0. The quantitative estimate of drug-likeness (QED) is 0.855. The van der Waals surface area contributed by atoms with E-state index in [1.807, 2.05) is 18.2 Å². The van der Waals surface area contributed by atoms with Crippen molar-refractivity contribution in [2.75, 3.05) is 11.6 Å². The van der Waals surface area contributed by atoms with Gasteiger partial charge in [0.05, 0.1) is 17.3 Å². The largest absolute Gasteiger partial charge is 0.351 e. The van der Waals surface area contributed by atoms with Gasteiger partial charge in [-0.1, -0.05) is 18.2 Å². The molecule has 0 saturated carbocycles. The zero-order valence-electron chi connectivity index (χ0n) is 13.6. The Morgan fingerprint density at radius 3 is 2.84 bits per heavy atom. The molecule has 2 aliphatic rings. The van der Waals surface area contributed by atoms with Crippen LogP contribution in [0.3, 0.4) is 0 Å². The number of hydrogen-bond donors (Lipinski definition) is 2. The van der Waals surface area contributed by atoms with Gasteiger partial charge in [-0.05, 0) is 25.0 Å². The number of thioether (sulfide) groups is 1. The van der Waals surface area contributed by atoms with Crippen molar-refractivity contribution >= 4 is 23.6 Å². The first-order valence-corrected chi connectivity index (χ1v) is 9.50. The summed E-state index contributed by atoms with van der Waals surface area (Å²) >= 11 is 1.61. The van der Waals surface area contributed by atoms with Gasteiger partial charge in [-0.2, -0.15) is 15.4 Å². The predicted octanol–water partition coefficient (Wildman–Crippen LogP) is 0.994. The minimum absolute atomic E-state index is 0.0457. The lowest BCUT2D eigenvalue weighted by molar-refractivity contribution is -0.125. The van der Waals surface area contributed by atoms with Crippen molar-refractivity contribution in [3.05, 3.63) is 47.3 Å². The second-order valence-electron chi connectivity index (χ2n) is 6.32. The van der Waals surface area contributed by atoms with Crippen LogP contribution >= 0.6 is 11.8 Å². The molecular formula is C17H19N5O2S. The van der Waals surface area contributed by atoms with Crippen LogP contribution in [-0.4, -0.2) is 55.8 Å². The van der Waals surface area contributed by atoms with Crippen LogP contribution in [0.5, 0.6) is 0 Å². The molecule has 8 heteroatoms. The summed E-state index contributed by atoms with van der Waals surface area (Å²) in [7, 11) is 0. The maximum Gasteiger partial charge on any atom is 0.255 e. The Hall–Kier alpha value is -2.35. The van der Waals surface area contributed by atoms with Crippen LogP contribution < -0.4 is 5.32 Å². The maximum absolute atomic E-state index is 12.7. The molecule has 7 nitrogen and oxygen atoms in total. The Kier molecular flexibility index (Phi) is 4.44. The highest BCUT2D eigenvalue weighted by Crippen LogP contribution is 2.24. The Labute approximate surface area is 149 Å². The van der Waals surface area contributed by atoms with Crippen molar-refractivity contribution in [1.82, 2.24) is 25.6 Å². The number of aryl methyl sites for hydroxylation is 1. The minimum Gasteiger partial charge on any atom is -0.351 e. The highest BCUT2D eigenvalue weighted by molar-refractivity contribution is 7.99. The number of benzene rings is 1. The third-order valence-electron chi connectivity index (χ3n) is 4.69. The molecule has 25 heavy (non-hydrogen) atoms. The molecule has 1 aliphatic carbocycles. The summed E-state index contributed by atoms with van der Waals surface area (Å²) in [5.74, 6) is 1.01. The van der Waals surface area contributed by atoms with E-state index < -0.39 is 6.04 Å². The van der Waals surface area contributed by atoms with Crippen molar-refractivity contribution in [3.8, 4) is 0 Å². The molecule has 1 aliphatic heterocycles. The first kappa shape index (κ1) is 16.1. The van der Waals surface area contributed by atoms with E-state index in [0.717, 1.165) is 24.2 Å². The highest BCUT2D eigenvalue weighted by Gasteiger charge is 2.36. The number of nitrogens with zero attached hydrogens (tertiary/aromatic N) is 3. The van der Waals surface area contributed by atoms with Crippen molar-refractivity contribution in [2.24, 2.45) is 0 Å². The molecule has 0 spiro atoms. The molecule has 4 rings (SSSR count). The first-order valence-electron chi connectivity index (χ1n) is 8.35. The first-order chi connectivity index (χ1) is 12.2. The number of H-pyrrole nitrogens is 1. The van der Waals surface area contributed by atoms with E-state index in [1.165, 1.54) is 0 Å². The number of carbonyl (C=O) groups excluding carboxylic acids is 2. The topological polar surface area (TPSA) is 91.0 Å². The van der Waals surface area contributed by atoms with Crippen LogP contribution in [0.1, 0.15) is 28.2 Å². The molecule has 1 aromatic heterocycles. The lowest BCUT2D eigenvalue weighted by Gasteiger charge is -2.27. The van der Waals surface area contributed by atoms with Gasteiger partial charge in [-0.3, -0.25) is 9.59 Å². The van der Waals surface area contributed by atoms with Crippen LogP contribution in [-0.2, 0) is 17.6 Å². The average molecular weight is 357 g/mol. The summed E-state index contributed by atoms with van der Waals surface area (Å²) in [5.41, 5.74) is 2.53. The van der Waals surface area contributed by atoms with E-state index in [2.05, 4.69) is 20.7 Å². The maximum atomic E-state index is 12.7. The Morgan fingerprint density at radius 1 is 1.20 bits per heavy atom. The van der Waals surface area contributed by atoms with Gasteiger partial charge in [-0.15, -0.1) is 11.8 Å². The molecule has 0 bridgehead atoms. The number of carbonyl (C=O) groups is 2. The number of aromatic amines is 1. The van der Waals surface area contributed by atoms with Crippen molar-refractivity contribution < 1.29 is 9.59 Å². The standard InChI is InChI=1S/C17H19N5O2S/c23-16(18-12-6-7-13-14(8-12)20-21-19-13)15-9-25-10-22(15)17(24)11-4-2-1-3-5-11/h1-5,12,15H,6-10H2,(H,18,23)(H,19,20,21)/t12?,15-/m1/s1. The van der Waals surface area contributed by atoms with Crippen LogP contribution in [0, 0.1) is 0 Å². The van der Waals surface area contributed by atoms with Gasteiger partial charge in [0.15, 0.2) is 0 Å². The normalized spacial score (nSPS) is 22.5. The van der Waals surface area contributed by atoms with Gasteiger partial charge in [0, 0.05) is 23.8 Å². The number of fused-ring (bicyclic) bond motifs is 1. The number of aromatic nitrogens is 3. The number of amides is 2. The average Bonchev–Trinajstić information content (AvgIpc) is 3.30. The summed E-state index contributed by atoms with van der Waals surface area (Å²) in [6, 6.07) is 8.74. The van der Waals surface area contributed by atoms with E-state index in [-0.39, 0.29) is 17.9 Å². The number of nitrogens with one attached hydrogen (secondary N) is 2. The smallest absolute Gasteiger partial charge is 0.255 e. The van der Waals surface area contributed by atoms with E-state index in [4.69, 9.17) is 0 Å². The van der Waals surface area contributed by atoms with Gasteiger partial charge in [0.1, 0.15) is 6.04 Å². The second kappa shape index (κ2) is 6.87. The fourth-order valence-corrected chi connectivity index (χ4v) is 4.47. The molecule has 0 radical (unpaired) electrons. The van der Waals surface area contributed by atoms with Crippen LogP contribution in [0.2, 0.25) is 0 Å². The van der Waals surface area contributed by atoms with Gasteiger partial charge in [0.25, 0.3) is 5.91 Å². The molecule has 2 aromatic rings. The van der Waals surface area contributed by atoms with Gasteiger partial charge < -0.3 is 10.2 Å². The van der Waals surface area contributed by atoms with Gasteiger partial charge >= 0.3 is 0 Å². The van der Waals surface area contributed by atoms with Crippen LogP contribution in [0.25, 0.3) is 0 Å². The SMILES string of the molecule is O=C(NC1CCc2n[nH]nc2C1)[C@H]1CSCN1C(=O)c1ccccc1. The molecule has 1 fully saturated rings. The van der Waals surface area contributed by atoms with Gasteiger partial charge in [0.2, 0.25) is 5.91 Å². The third-order valence-corrected chi connectivity index (χ3v) is 5.70. The monoisotopic (exact) mass is 357 g/mol. The predicted molar refractivity (Wildman–Crippen MR) is 94.1 cm³/mol. The summed E-state index contributed by atoms with van der Waals surface area (Å²) in [5, 5.41) is 14.0. The summed E-state index contributed by atoms with van der Waals surface area (Å²) in [6.07, 6.45) is 2.34. The van der Waals surface area contributed by atoms with E-state index in [9.17, 15) is 9.59 Å². The van der Waals surface area contributed by atoms with E-state index in [0.29, 0.717) is 23.6 Å². The summed E-state index contributed by atoms with van der Waals surface area (Å²) in [6.45, 7) is 0. The molecule has 1 aromatic carbocycles. The molecule has 1 unspecified atom stereocenters. The molecule has 2 N–H and O–H groups in total. The summed E-state index contributed by atoms with van der Waals surface area (Å²) in [4.78, 5) is 27.1. The van der Waals surface area contributed by atoms with Crippen molar-refractivity contribution in [3.63, 3.8) is 0 Å². The van der Waals surface area contributed by atoms with Crippen LogP contribution in [0.15, 0.2) is 30.3 Å². The van der Waals surface area contributed by atoms with Crippen molar-refractivity contribution in [1.29, 1.82) is 0 Å². The minimum atomic E-state index is -0.420. The lowest BCUT2D eigenvalue weighted by atomic mass is 9.96. The molecule has 1 saturated heterocycles. The molecule has 2 amide bonds. The third kappa shape index (κ3) is 3.26. The lowest BCUT2D eigenvalue weighted by Crippen LogP contribution is -2.51. The molecule has 130 valence electrons. The Balaban J connectivity index is 1.42. The van der Waals surface area contributed by atoms with Crippen LogP contribution in [0.4, 0.5) is 0 Å². The Bertz CT molecular complexity index is 778. The fraction of sp³-hybridized carbons (Fsp3) is 0.412. The fourth-order valence-electron chi connectivity index (χ4n) is 3.31. The molecule has 2 atom stereocenters. The van der Waals surface area contributed by atoms with Crippen molar-refractivity contribution in [2.45, 2.75) is 31.3 Å². The molecule has 2 heterocycles. The van der Waals surface area contributed by atoms with Gasteiger partial charge in [-0.25, -0.2) is 0 Å². The zero-order valence-corrected chi connectivity index (χ0v) is 14.5. The Morgan fingerprint density at radius 2 is 2.00 bits per heavy atom. The second-order valence-corrected chi connectivity index (χ2v) is 7.32. The highest BCUT2D eigenvalue weighted by atomic mass is 32.2. The van der Waals surface area contributed by atoms with E-state index >= 15 is 0 Å².